The zero-order chi connectivity index (χ0) is 23.4. The van der Waals surface area contributed by atoms with Crippen molar-refractivity contribution >= 4 is 46.6 Å². The lowest BCUT2D eigenvalue weighted by atomic mass is 9.84. The summed E-state index contributed by atoms with van der Waals surface area (Å²) in [6.07, 6.45) is 1.55. The molecule has 0 fully saturated rings. The number of hydrogen-bond acceptors (Lipinski definition) is 5. The number of thioether (sulfide) groups is 1. The number of hydrogen-bond donors (Lipinski definition) is 1. The van der Waals surface area contributed by atoms with Crippen molar-refractivity contribution in [1.82, 2.24) is 14.8 Å². The Morgan fingerprint density at radius 3 is 2.59 bits per heavy atom. The van der Waals surface area contributed by atoms with Gasteiger partial charge in [0, 0.05) is 26.7 Å². The summed E-state index contributed by atoms with van der Waals surface area (Å²) >= 11 is 14.6. The van der Waals surface area contributed by atoms with E-state index in [1.54, 1.807) is 0 Å². The number of anilines is 1. The van der Waals surface area contributed by atoms with Crippen molar-refractivity contribution in [2.75, 3.05) is 11.6 Å². The second kappa shape index (κ2) is 8.38. The lowest BCUT2D eigenvalue weighted by Crippen LogP contribution is -2.32. The van der Waals surface area contributed by atoms with Gasteiger partial charge in [0.05, 0.1) is 5.70 Å². The first kappa shape index (κ1) is 21.6. The quantitative estimate of drug-likeness (QED) is 0.298. The Morgan fingerprint density at radius 1 is 1.03 bits per heavy atom. The molecule has 0 bridgehead atoms. The largest absolute Gasteiger partial charge is 0.480 e. The van der Waals surface area contributed by atoms with Crippen molar-refractivity contribution in [3.8, 4) is 5.75 Å². The van der Waals surface area contributed by atoms with Gasteiger partial charge in [-0.3, -0.25) is 0 Å². The van der Waals surface area contributed by atoms with Crippen molar-refractivity contribution < 1.29 is 4.74 Å². The number of fused-ring (bicyclic) bond motifs is 3. The molecule has 0 unspecified atom stereocenters. The maximum atomic E-state index is 6.70. The van der Waals surface area contributed by atoms with Crippen LogP contribution in [0.15, 0.2) is 77.5 Å². The fraction of sp³-hybridized carbons (Fsp3) is 0.154. The van der Waals surface area contributed by atoms with Crippen LogP contribution in [0, 0.1) is 6.92 Å². The number of halogens is 2. The average Bonchev–Trinajstić information content (AvgIpc) is 3.26. The second-order valence-electron chi connectivity index (χ2n) is 8.30. The molecule has 170 valence electrons. The smallest absolute Gasteiger partial charge is 0.227 e. The molecule has 1 aromatic heterocycles. The van der Waals surface area contributed by atoms with Crippen molar-refractivity contribution in [2.24, 2.45) is 0 Å². The third-order valence-corrected chi connectivity index (χ3v) is 7.30. The molecule has 0 saturated carbocycles. The number of ether oxygens (including phenoxy) is 1. The highest BCUT2D eigenvalue weighted by Crippen LogP contribution is 2.52. The minimum absolute atomic E-state index is 0.242. The fourth-order valence-electron chi connectivity index (χ4n) is 4.58. The topological polar surface area (TPSA) is 52.0 Å². The molecule has 0 radical (unpaired) electrons. The van der Waals surface area contributed by atoms with Crippen LogP contribution in [-0.2, 0) is 0 Å². The molecule has 6 rings (SSSR count). The lowest BCUT2D eigenvalue weighted by molar-refractivity contribution is 0.223. The molecule has 34 heavy (non-hydrogen) atoms. The number of rotatable bonds is 3. The Morgan fingerprint density at radius 2 is 1.82 bits per heavy atom. The van der Waals surface area contributed by atoms with Gasteiger partial charge in [-0.15, -0.1) is 5.10 Å². The Labute approximate surface area is 211 Å². The molecule has 3 aromatic carbocycles. The van der Waals surface area contributed by atoms with E-state index in [-0.39, 0.29) is 6.04 Å². The van der Waals surface area contributed by atoms with Gasteiger partial charge in [-0.2, -0.15) is 4.98 Å². The van der Waals surface area contributed by atoms with E-state index in [2.05, 4.69) is 36.5 Å². The molecule has 5 nitrogen and oxygen atoms in total. The number of nitrogens with zero attached hydrogens (tertiary/aromatic N) is 3. The molecule has 0 saturated heterocycles. The van der Waals surface area contributed by atoms with E-state index in [0.717, 1.165) is 33.7 Å². The molecular formula is C26H20Cl2N4OS. The summed E-state index contributed by atoms with van der Waals surface area (Å²) in [6.45, 7) is 2.08. The highest BCUT2D eigenvalue weighted by atomic mass is 35.5. The highest BCUT2D eigenvalue weighted by molar-refractivity contribution is 7.98. The molecule has 0 aliphatic carbocycles. The normalized spacial score (nSPS) is 18.5. The van der Waals surface area contributed by atoms with Crippen LogP contribution in [-0.4, -0.2) is 21.0 Å². The van der Waals surface area contributed by atoms with E-state index >= 15 is 0 Å². The monoisotopic (exact) mass is 506 g/mol. The SMILES string of the molecule is CSc1nc2n(n1)[C@@H](c1ccc(C)cc1)C1=C(N2)c2cc(Cl)ccc2O[C@@H]1c1ccccc1Cl. The van der Waals surface area contributed by atoms with Gasteiger partial charge in [0.2, 0.25) is 11.1 Å². The van der Waals surface area contributed by atoms with Crippen LogP contribution in [0.2, 0.25) is 10.0 Å². The molecule has 0 spiro atoms. The van der Waals surface area contributed by atoms with Gasteiger partial charge in [0.25, 0.3) is 0 Å². The summed E-state index contributed by atoms with van der Waals surface area (Å²) in [4.78, 5) is 4.73. The summed E-state index contributed by atoms with van der Waals surface area (Å²) in [5.41, 5.74) is 6.00. The Hall–Kier alpha value is -2.93. The second-order valence-corrected chi connectivity index (χ2v) is 9.91. The first-order chi connectivity index (χ1) is 16.5. The van der Waals surface area contributed by atoms with Crippen LogP contribution in [0.3, 0.4) is 0 Å². The number of benzene rings is 3. The standard InChI is InChI=1S/C26H20Cl2N4OS/c1-14-7-9-15(10-8-14)23-21-22(29-25-30-26(34-2)31-32(23)25)18-13-16(27)11-12-20(18)33-24(21)17-5-3-4-6-19(17)28/h3-13,23-24H,1-2H3,(H,29,30,31)/t23-,24+/m0/s1. The van der Waals surface area contributed by atoms with E-state index in [1.807, 2.05) is 53.4 Å². The van der Waals surface area contributed by atoms with Crippen molar-refractivity contribution in [3.05, 3.63) is 105 Å². The van der Waals surface area contributed by atoms with E-state index in [1.165, 1.54) is 17.3 Å². The maximum Gasteiger partial charge on any atom is 0.227 e. The van der Waals surface area contributed by atoms with Gasteiger partial charge >= 0.3 is 0 Å². The van der Waals surface area contributed by atoms with Gasteiger partial charge in [-0.25, -0.2) is 4.68 Å². The summed E-state index contributed by atoms with van der Waals surface area (Å²) in [7, 11) is 0. The summed E-state index contributed by atoms with van der Waals surface area (Å²) < 4.78 is 8.58. The molecule has 2 aliphatic heterocycles. The third-order valence-electron chi connectivity index (χ3n) is 6.18. The zero-order valence-corrected chi connectivity index (χ0v) is 20.7. The average molecular weight is 507 g/mol. The Balaban J connectivity index is 1.66. The highest BCUT2D eigenvalue weighted by Gasteiger charge is 2.42. The lowest BCUT2D eigenvalue weighted by Gasteiger charge is -2.39. The Bertz CT molecular complexity index is 1450. The van der Waals surface area contributed by atoms with Gasteiger partial charge in [0.1, 0.15) is 11.8 Å². The van der Waals surface area contributed by atoms with Gasteiger partial charge in [-0.05, 0) is 43.0 Å². The van der Waals surface area contributed by atoms with Crippen LogP contribution >= 0.6 is 35.0 Å². The fourth-order valence-corrected chi connectivity index (χ4v) is 5.34. The minimum Gasteiger partial charge on any atom is -0.480 e. The molecule has 4 aromatic rings. The van der Waals surface area contributed by atoms with E-state index in [4.69, 9.17) is 38.0 Å². The molecule has 0 amide bonds. The van der Waals surface area contributed by atoms with Crippen LogP contribution in [0.4, 0.5) is 5.95 Å². The van der Waals surface area contributed by atoms with Crippen LogP contribution in [0.1, 0.15) is 34.4 Å². The predicted molar refractivity (Wildman–Crippen MR) is 138 cm³/mol. The maximum absolute atomic E-state index is 6.70. The molecule has 2 atom stereocenters. The van der Waals surface area contributed by atoms with Gasteiger partial charge < -0.3 is 10.1 Å². The van der Waals surface area contributed by atoms with Gasteiger partial charge in [0.15, 0.2) is 6.10 Å². The van der Waals surface area contributed by atoms with Crippen LogP contribution in [0.5, 0.6) is 5.75 Å². The molecule has 1 N–H and O–H groups in total. The van der Waals surface area contributed by atoms with Gasteiger partial charge in [-0.1, -0.05) is 83.0 Å². The summed E-state index contributed by atoms with van der Waals surface area (Å²) in [5.74, 6) is 1.42. The van der Waals surface area contributed by atoms with Crippen molar-refractivity contribution in [3.63, 3.8) is 0 Å². The molecule has 3 heterocycles. The molecule has 2 aliphatic rings. The molecular weight excluding hydrogens is 487 g/mol. The van der Waals surface area contributed by atoms with E-state index in [9.17, 15) is 0 Å². The van der Waals surface area contributed by atoms with Crippen molar-refractivity contribution in [1.29, 1.82) is 0 Å². The van der Waals surface area contributed by atoms with E-state index < -0.39 is 6.10 Å². The zero-order valence-electron chi connectivity index (χ0n) is 18.4. The Kier molecular flexibility index (Phi) is 5.32. The molecule has 8 heteroatoms. The predicted octanol–water partition coefficient (Wildman–Crippen LogP) is 7.18. The first-order valence-electron chi connectivity index (χ1n) is 10.8. The van der Waals surface area contributed by atoms with E-state index in [0.29, 0.717) is 21.2 Å². The number of nitrogens with one attached hydrogen (secondary N) is 1. The van der Waals surface area contributed by atoms with Crippen LogP contribution < -0.4 is 10.1 Å². The third kappa shape index (κ3) is 3.49. The first-order valence-corrected chi connectivity index (χ1v) is 12.8. The van der Waals surface area contributed by atoms with Crippen molar-refractivity contribution in [2.45, 2.75) is 24.2 Å². The summed E-state index contributed by atoms with van der Waals surface area (Å²) in [5, 5.41) is 10.3. The summed E-state index contributed by atoms with van der Waals surface area (Å²) in [6, 6.07) is 21.7. The minimum atomic E-state index is -0.425. The van der Waals surface area contributed by atoms with Crippen LogP contribution in [0.25, 0.3) is 5.70 Å². The number of aromatic nitrogens is 3. The number of aryl methyl sites for hydroxylation is 1.